The lowest BCUT2D eigenvalue weighted by Crippen LogP contribution is -2.46. The molecule has 1 unspecified atom stereocenters. The Bertz CT molecular complexity index is 420. The zero-order valence-corrected chi connectivity index (χ0v) is 13.7. The van der Waals surface area contributed by atoms with Crippen LogP contribution in [0.5, 0.6) is 0 Å². The molecule has 0 radical (unpaired) electrons. The number of nitrogens with zero attached hydrogens (tertiary/aromatic N) is 2. The van der Waals surface area contributed by atoms with Gasteiger partial charge in [0.05, 0.1) is 11.7 Å². The normalized spacial score (nSPS) is 20.7. The number of nitrogens with one attached hydrogen (secondary N) is 1. The van der Waals surface area contributed by atoms with Gasteiger partial charge in [-0.3, -0.25) is 0 Å². The smallest absolute Gasteiger partial charge is 0.0541 e. The molecule has 0 spiro atoms. The maximum Gasteiger partial charge on any atom is 0.0541 e. The van der Waals surface area contributed by atoms with E-state index in [1.54, 1.807) is 0 Å². The first kappa shape index (κ1) is 14.8. The Kier molecular flexibility index (Phi) is 5.25. The minimum atomic E-state index is 0.525. The summed E-state index contributed by atoms with van der Waals surface area (Å²) in [6.07, 6.45) is 1.20. The SMILES string of the molecule is Cc1ccc(N2CCCNCC2CN(C)C)c(Br)c1. The summed E-state index contributed by atoms with van der Waals surface area (Å²) in [4.78, 5) is 4.82. The van der Waals surface area contributed by atoms with Crippen LogP contribution in [0.3, 0.4) is 0 Å². The molecule has 0 aromatic heterocycles. The third-order valence-electron chi connectivity index (χ3n) is 3.56. The number of aryl methyl sites for hydroxylation is 1. The maximum atomic E-state index is 3.73. The molecule has 2 rings (SSSR count). The molecule has 1 fully saturated rings. The molecule has 1 atom stereocenters. The van der Waals surface area contributed by atoms with Crippen molar-refractivity contribution in [1.29, 1.82) is 0 Å². The molecular formula is C15H24BrN3. The Balaban J connectivity index is 2.25. The molecule has 1 saturated heterocycles. The molecular weight excluding hydrogens is 302 g/mol. The number of hydrogen-bond acceptors (Lipinski definition) is 3. The van der Waals surface area contributed by atoms with Crippen LogP contribution in [0.1, 0.15) is 12.0 Å². The van der Waals surface area contributed by atoms with Gasteiger partial charge < -0.3 is 15.1 Å². The van der Waals surface area contributed by atoms with E-state index in [0.717, 1.165) is 26.2 Å². The van der Waals surface area contributed by atoms with E-state index in [1.165, 1.54) is 22.1 Å². The lowest BCUT2D eigenvalue weighted by atomic mass is 10.1. The first-order valence-corrected chi connectivity index (χ1v) is 7.75. The highest BCUT2D eigenvalue weighted by atomic mass is 79.9. The molecule has 0 saturated carbocycles. The van der Waals surface area contributed by atoms with Gasteiger partial charge >= 0.3 is 0 Å². The van der Waals surface area contributed by atoms with Crippen molar-refractivity contribution in [2.45, 2.75) is 19.4 Å². The molecule has 1 aliphatic heterocycles. The standard InChI is InChI=1S/C15H24BrN3/c1-12-5-6-15(14(16)9-12)19-8-4-7-17-10-13(19)11-18(2)3/h5-6,9,13,17H,4,7-8,10-11H2,1-3H3. The lowest BCUT2D eigenvalue weighted by molar-refractivity contribution is 0.361. The molecule has 1 N–H and O–H groups in total. The predicted octanol–water partition coefficient (Wildman–Crippen LogP) is 2.49. The fraction of sp³-hybridized carbons (Fsp3) is 0.600. The van der Waals surface area contributed by atoms with Gasteiger partial charge in [0.15, 0.2) is 0 Å². The van der Waals surface area contributed by atoms with Crippen LogP contribution < -0.4 is 10.2 Å². The summed E-state index contributed by atoms with van der Waals surface area (Å²) in [5.41, 5.74) is 2.62. The van der Waals surface area contributed by atoms with E-state index < -0.39 is 0 Å². The number of benzene rings is 1. The van der Waals surface area contributed by atoms with Gasteiger partial charge in [-0.15, -0.1) is 0 Å². The average molecular weight is 326 g/mol. The van der Waals surface area contributed by atoms with Crippen molar-refractivity contribution in [2.75, 3.05) is 45.2 Å². The second-order valence-electron chi connectivity index (χ2n) is 5.62. The maximum absolute atomic E-state index is 3.73. The fourth-order valence-electron chi connectivity index (χ4n) is 2.68. The van der Waals surface area contributed by atoms with Gasteiger partial charge in [0, 0.05) is 24.1 Å². The molecule has 1 heterocycles. The Labute approximate surface area is 125 Å². The Morgan fingerprint density at radius 3 is 2.89 bits per heavy atom. The van der Waals surface area contributed by atoms with E-state index >= 15 is 0 Å². The van der Waals surface area contributed by atoms with Crippen LogP contribution in [0.25, 0.3) is 0 Å². The minimum Gasteiger partial charge on any atom is -0.365 e. The van der Waals surface area contributed by atoms with E-state index in [-0.39, 0.29) is 0 Å². The van der Waals surface area contributed by atoms with Crippen LogP contribution in [-0.4, -0.2) is 51.2 Å². The van der Waals surface area contributed by atoms with Gasteiger partial charge in [0.25, 0.3) is 0 Å². The summed E-state index contributed by atoms with van der Waals surface area (Å²) in [6.45, 7) is 6.50. The van der Waals surface area contributed by atoms with Gasteiger partial charge in [-0.25, -0.2) is 0 Å². The summed E-state index contributed by atoms with van der Waals surface area (Å²) >= 11 is 3.73. The van der Waals surface area contributed by atoms with Crippen LogP contribution in [-0.2, 0) is 0 Å². The fourth-order valence-corrected chi connectivity index (χ4v) is 3.40. The van der Waals surface area contributed by atoms with Crippen molar-refractivity contribution < 1.29 is 0 Å². The molecule has 19 heavy (non-hydrogen) atoms. The molecule has 0 bridgehead atoms. The van der Waals surface area contributed by atoms with Gasteiger partial charge in [0.2, 0.25) is 0 Å². The van der Waals surface area contributed by atoms with Crippen LogP contribution in [0.2, 0.25) is 0 Å². The van der Waals surface area contributed by atoms with E-state index in [4.69, 9.17) is 0 Å². The van der Waals surface area contributed by atoms with Gasteiger partial charge in [-0.1, -0.05) is 6.07 Å². The molecule has 1 aliphatic rings. The summed E-state index contributed by atoms with van der Waals surface area (Å²) in [5, 5.41) is 3.55. The number of likely N-dealkylation sites (N-methyl/N-ethyl adjacent to an activating group) is 1. The van der Waals surface area contributed by atoms with Crippen molar-refractivity contribution in [1.82, 2.24) is 10.2 Å². The van der Waals surface area contributed by atoms with Crippen molar-refractivity contribution in [3.8, 4) is 0 Å². The van der Waals surface area contributed by atoms with Gasteiger partial charge in [-0.2, -0.15) is 0 Å². The van der Waals surface area contributed by atoms with E-state index in [0.29, 0.717) is 6.04 Å². The highest BCUT2D eigenvalue weighted by molar-refractivity contribution is 9.10. The number of halogens is 1. The zero-order valence-electron chi connectivity index (χ0n) is 12.1. The lowest BCUT2D eigenvalue weighted by Gasteiger charge is -2.34. The van der Waals surface area contributed by atoms with Crippen molar-refractivity contribution >= 4 is 21.6 Å². The quantitative estimate of drug-likeness (QED) is 0.921. The van der Waals surface area contributed by atoms with Crippen molar-refractivity contribution in [3.63, 3.8) is 0 Å². The summed E-state index contributed by atoms with van der Waals surface area (Å²) in [5.74, 6) is 0. The Morgan fingerprint density at radius 1 is 1.42 bits per heavy atom. The molecule has 0 amide bonds. The van der Waals surface area contributed by atoms with E-state index in [2.05, 4.69) is 70.3 Å². The second kappa shape index (κ2) is 6.73. The number of rotatable bonds is 3. The summed E-state index contributed by atoms with van der Waals surface area (Å²) in [6, 6.07) is 7.18. The molecule has 4 heteroatoms. The van der Waals surface area contributed by atoms with Crippen molar-refractivity contribution in [2.24, 2.45) is 0 Å². The number of anilines is 1. The van der Waals surface area contributed by atoms with E-state index in [9.17, 15) is 0 Å². The average Bonchev–Trinajstić information content (AvgIpc) is 2.54. The predicted molar refractivity (Wildman–Crippen MR) is 86.1 cm³/mol. The van der Waals surface area contributed by atoms with Crippen LogP contribution >= 0.6 is 15.9 Å². The third kappa shape index (κ3) is 3.94. The molecule has 106 valence electrons. The molecule has 3 nitrogen and oxygen atoms in total. The van der Waals surface area contributed by atoms with Gasteiger partial charge in [0.1, 0.15) is 0 Å². The Morgan fingerprint density at radius 2 is 2.21 bits per heavy atom. The topological polar surface area (TPSA) is 18.5 Å². The Hall–Kier alpha value is -0.580. The van der Waals surface area contributed by atoms with Crippen LogP contribution in [0.4, 0.5) is 5.69 Å². The highest BCUT2D eigenvalue weighted by Crippen LogP contribution is 2.29. The van der Waals surface area contributed by atoms with Crippen LogP contribution in [0.15, 0.2) is 22.7 Å². The minimum absolute atomic E-state index is 0.525. The largest absolute Gasteiger partial charge is 0.365 e. The first-order chi connectivity index (χ1) is 9.08. The number of hydrogen-bond donors (Lipinski definition) is 1. The summed E-state index contributed by atoms with van der Waals surface area (Å²) < 4.78 is 1.21. The third-order valence-corrected chi connectivity index (χ3v) is 4.20. The molecule has 1 aromatic rings. The summed E-state index contributed by atoms with van der Waals surface area (Å²) in [7, 11) is 4.29. The van der Waals surface area contributed by atoms with E-state index in [1.807, 2.05) is 0 Å². The molecule has 1 aromatic carbocycles. The monoisotopic (exact) mass is 325 g/mol. The van der Waals surface area contributed by atoms with Crippen molar-refractivity contribution in [3.05, 3.63) is 28.2 Å². The highest BCUT2D eigenvalue weighted by Gasteiger charge is 2.23. The van der Waals surface area contributed by atoms with Gasteiger partial charge in [-0.05, 0) is 67.6 Å². The van der Waals surface area contributed by atoms with Crippen LogP contribution in [0, 0.1) is 6.92 Å². The first-order valence-electron chi connectivity index (χ1n) is 6.96. The molecule has 0 aliphatic carbocycles. The second-order valence-corrected chi connectivity index (χ2v) is 6.48. The zero-order chi connectivity index (χ0) is 13.8.